The molecule has 0 aliphatic rings. The minimum atomic E-state index is -4.07. The highest BCUT2D eigenvalue weighted by atomic mass is 32.2. The number of nitrogens with one attached hydrogen (secondary N) is 2. The molecule has 1 amide bonds. The molecule has 40 heavy (non-hydrogen) atoms. The molecule has 5 aromatic rings. The number of aryl methyl sites for hydroxylation is 1. The number of rotatable bonds is 9. The molecular weight excluding hydrogens is 552 g/mol. The third-order valence-electron chi connectivity index (χ3n) is 5.91. The van der Waals surface area contributed by atoms with Crippen molar-refractivity contribution < 1.29 is 18.4 Å². The lowest BCUT2D eigenvalue weighted by atomic mass is 10.0. The van der Waals surface area contributed by atoms with E-state index in [0.29, 0.717) is 10.6 Å². The molecule has 12 nitrogen and oxygen atoms in total. The van der Waals surface area contributed by atoms with Gasteiger partial charge in [-0.1, -0.05) is 46.8 Å². The lowest BCUT2D eigenvalue weighted by molar-refractivity contribution is 0.102. The number of benzene rings is 3. The monoisotopic (exact) mass is 576 g/mol. The fourth-order valence-corrected chi connectivity index (χ4v) is 6.35. The molecule has 204 valence electrons. The van der Waals surface area contributed by atoms with E-state index in [1.54, 1.807) is 31.3 Å². The predicted molar refractivity (Wildman–Crippen MR) is 151 cm³/mol. The third-order valence-corrected chi connectivity index (χ3v) is 8.53. The summed E-state index contributed by atoms with van der Waals surface area (Å²) in [4.78, 5) is 17.1. The summed E-state index contributed by atoms with van der Waals surface area (Å²) in [5.74, 6) is -0.576. The standard InChI is InChI=1S/C26H24N8O4S2/c1-34-15-22(30-33-34)25(35)28-18-8-5-9-19(14-18)40(37,38)32-21(26-29-20-10-2-3-11-23(20)39-26)13-16-6-4-7-17(12-16)24(27)31-36/h2-12,14-15,21,32,36H,13H2,1H3,(H2,27,31)(H,28,35). The Balaban J connectivity index is 1.45. The number of para-hydroxylation sites is 1. The van der Waals surface area contributed by atoms with Crippen molar-refractivity contribution in [3.05, 3.63) is 101 Å². The summed E-state index contributed by atoms with van der Waals surface area (Å²) in [5, 5.41) is 22.9. The van der Waals surface area contributed by atoms with Crippen LogP contribution in [0.15, 0.2) is 89.0 Å². The van der Waals surface area contributed by atoms with Gasteiger partial charge in [-0.25, -0.2) is 18.1 Å². The van der Waals surface area contributed by atoms with Crippen molar-refractivity contribution in [2.24, 2.45) is 17.9 Å². The van der Waals surface area contributed by atoms with Crippen LogP contribution in [0.5, 0.6) is 0 Å². The Morgan fingerprint density at radius 2 is 1.93 bits per heavy atom. The second-order valence-corrected chi connectivity index (χ2v) is 11.6. The van der Waals surface area contributed by atoms with Crippen LogP contribution in [0.1, 0.15) is 32.7 Å². The fourth-order valence-electron chi connectivity index (χ4n) is 4.01. The van der Waals surface area contributed by atoms with Crippen molar-refractivity contribution in [1.29, 1.82) is 0 Å². The number of hydrogen-bond acceptors (Lipinski definition) is 9. The van der Waals surface area contributed by atoms with E-state index in [1.165, 1.54) is 40.4 Å². The van der Waals surface area contributed by atoms with Gasteiger partial charge in [-0.2, -0.15) is 0 Å². The summed E-state index contributed by atoms with van der Waals surface area (Å²) < 4.78 is 32.3. The van der Waals surface area contributed by atoms with Gasteiger partial charge in [0, 0.05) is 18.3 Å². The normalized spacial score (nSPS) is 12.9. The molecule has 14 heteroatoms. The van der Waals surface area contributed by atoms with Gasteiger partial charge in [0.2, 0.25) is 10.0 Å². The highest BCUT2D eigenvalue weighted by Crippen LogP contribution is 2.30. The maximum atomic E-state index is 13.6. The van der Waals surface area contributed by atoms with E-state index in [1.807, 2.05) is 30.3 Å². The fraction of sp³-hybridized carbons (Fsp3) is 0.115. The Morgan fingerprint density at radius 3 is 2.67 bits per heavy atom. The van der Waals surface area contributed by atoms with Crippen LogP contribution >= 0.6 is 11.3 Å². The number of sulfonamides is 1. The first-order valence-electron chi connectivity index (χ1n) is 11.9. The Labute approximate surface area is 233 Å². The summed E-state index contributed by atoms with van der Waals surface area (Å²) in [7, 11) is -2.44. The highest BCUT2D eigenvalue weighted by Gasteiger charge is 2.25. The summed E-state index contributed by atoms with van der Waals surface area (Å²) in [5.41, 5.74) is 8.14. The number of carbonyl (C=O) groups excluding carboxylic acids is 1. The van der Waals surface area contributed by atoms with Gasteiger partial charge in [0.25, 0.3) is 5.91 Å². The van der Waals surface area contributed by atoms with E-state index in [-0.39, 0.29) is 28.5 Å². The van der Waals surface area contributed by atoms with Crippen LogP contribution in [0.25, 0.3) is 10.2 Å². The second-order valence-electron chi connectivity index (χ2n) is 8.84. The maximum absolute atomic E-state index is 13.6. The zero-order valence-corrected chi connectivity index (χ0v) is 22.7. The summed E-state index contributed by atoms with van der Waals surface area (Å²) in [6, 6.07) is 19.7. The van der Waals surface area contributed by atoms with Crippen molar-refractivity contribution in [3.8, 4) is 0 Å². The number of aromatic nitrogens is 4. The zero-order chi connectivity index (χ0) is 28.3. The largest absolute Gasteiger partial charge is 0.409 e. The number of anilines is 1. The van der Waals surface area contributed by atoms with E-state index >= 15 is 0 Å². The number of hydrogen-bond donors (Lipinski definition) is 4. The van der Waals surface area contributed by atoms with Crippen LogP contribution < -0.4 is 15.8 Å². The molecule has 1 atom stereocenters. The van der Waals surface area contributed by atoms with Crippen molar-refractivity contribution in [1.82, 2.24) is 24.7 Å². The Bertz CT molecular complexity index is 1800. The molecule has 0 saturated heterocycles. The van der Waals surface area contributed by atoms with Crippen molar-refractivity contribution in [2.75, 3.05) is 5.32 Å². The highest BCUT2D eigenvalue weighted by molar-refractivity contribution is 7.89. The van der Waals surface area contributed by atoms with E-state index in [2.05, 4.69) is 30.5 Å². The second kappa shape index (κ2) is 11.2. The Kier molecular flexibility index (Phi) is 7.55. The van der Waals surface area contributed by atoms with Crippen LogP contribution in [0.4, 0.5) is 5.69 Å². The predicted octanol–water partition coefficient (Wildman–Crippen LogP) is 3.03. The average molecular weight is 577 g/mol. The van der Waals surface area contributed by atoms with Gasteiger partial charge in [-0.05, 0) is 48.4 Å². The lowest BCUT2D eigenvalue weighted by Crippen LogP contribution is -2.30. The minimum absolute atomic E-state index is 0.0408. The van der Waals surface area contributed by atoms with Gasteiger partial charge >= 0.3 is 0 Å². The van der Waals surface area contributed by atoms with Gasteiger partial charge in [-0.3, -0.25) is 9.48 Å². The molecule has 5 rings (SSSR count). The zero-order valence-electron chi connectivity index (χ0n) is 21.1. The molecule has 0 radical (unpaired) electrons. The van der Waals surface area contributed by atoms with Crippen molar-refractivity contribution in [2.45, 2.75) is 17.4 Å². The topological polar surface area (TPSA) is 177 Å². The van der Waals surface area contributed by atoms with Crippen LogP contribution in [-0.4, -0.2) is 45.3 Å². The molecule has 0 aliphatic heterocycles. The molecule has 0 bridgehead atoms. The van der Waals surface area contributed by atoms with E-state index < -0.39 is 22.0 Å². The number of oxime groups is 1. The quantitative estimate of drug-likeness (QED) is 0.0895. The Morgan fingerprint density at radius 1 is 1.12 bits per heavy atom. The number of thiazole rings is 1. The molecule has 5 N–H and O–H groups in total. The molecular formula is C26H24N8O4S2. The van der Waals surface area contributed by atoms with Crippen LogP contribution in [0.2, 0.25) is 0 Å². The van der Waals surface area contributed by atoms with E-state index in [9.17, 15) is 13.2 Å². The van der Waals surface area contributed by atoms with E-state index in [0.717, 1.165) is 15.8 Å². The summed E-state index contributed by atoms with van der Waals surface area (Å²) >= 11 is 1.39. The molecule has 2 heterocycles. The van der Waals surface area contributed by atoms with Gasteiger partial charge in [0.1, 0.15) is 5.01 Å². The Hall–Kier alpha value is -4.66. The van der Waals surface area contributed by atoms with Gasteiger partial charge in [0.05, 0.1) is 27.4 Å². The number of nitrogens with two attached hydrogens (primary N) is 1. The SMILES string of the molecule is Cn1cc(C(=O)Nc2cccc(S(=O)(=O)NC(Cc3cccc(/C(N)=N\O)c3)c3nc4ccccc4s3)c2)nn1. The number of amides is 1. The van der Waals surface area contributed by atoms with Crippen molar-refractivity contribution in [3.63, 3.8) is 0 Å². The average Bonchev–Trinajstić information content (AvgIpc) is 3.59. The maximum Gasteiger partial charge on any atom is 0.277 e. The van der Waals surface area contributed by atoms with E-state index in [4.69, 9.17) is 10.9 Å². The van der Waals surface area contributed by atoms with Crippen molar-refractivity contribution >= 4 is 49.0 Å². The van der Waals surface area contributed by atoms with Crippen LogP contribution in [0.3, 0.4) is 0 Å². The molecule has 3 aromatic carbocycles. The van der Waals surface area contributed by atoms with Crippen LogP contribution in [-0.2, 0) is 23.5 Å². The van der Waals surface area contributed by atoms with Crippen LogP contribution in [0, 0.1) is 0 Å². The summed E-state index contributed by atoms with van der Waals surface area (Å²) in [6.07, 6.45) is 1.70. The molecule has 0 spiro atoms. The third kappa shape index (κ3) is 5.98. The minimum Gasteiger partial charge on any atom is -0.409 e. The summed E-state index contributed by atoms with van der Waals surface area (Å²) in [6.45, 7) is 0. The van der Waals surface area contributed by atoms with Gasteiger partial charge in [-0.15, -0.1) is 16.4 Å². The molecule has 0 fully saturated rings. The first-order valence-corrected chi connectivity index (χ1v) is 14.2. The number of carbonyl (C=O) groups is 1. The molecule has 0 saturated carbocycles. The molecule has 0 aliphatic carbocycles. The van der Waals surface area contributed by atoms with Gasteiger partial charge < -0.3 is 16.3 Å². The number of fused-ring (bicyclic) bond motifs is 1. The molecule has 1 unspecified atom stereocenters. The van der Waals surface area contributed by atoms with Gasteiger partial charge in [0.15, 0.2) is 11.5 Å². The smallest absolute Gasteiger partial charge is 0.277 e. The first kappa shape index (κ1) is 26.9. The lowest BCUT2D eigenvalue weighted by Gasteiger charge is -2.18. The number of nitrogens with zero attached hydrogens (tertiary/aromatic N) is 5. The molecule has 2 aromatic heterocycles. The first-order chi connectivity index (χ1) is 19.2. The number of amidine groups is 1.